The van der Waals surface area contributed by atoms with Crippen molar-refractivity contribution in [2.45, 2.75) is 70.6 Å². The van der Waals surface area contributed by atoms with Gasteiger partial charge in [-0.3, -0.25) is 4.90 Å². The van der Waals surface area contributed by atoms with Gasteiger partial charge in [0.1, 0.15) is 0 Å². The lowest BCUT2D eigenvalue weighted by Gasteiger charge is -2.36. The largest absolute Gasteiger partial charge is 0.339 e. The number of nitrogens with zero attached hydrogens (tertiary/aromatic N) is 3. The predicted octanol–water partition coefficient (Wildman–Crippen LogP) is 1.74. The van der Waals surface area contributed by atoms with Gasteiger partial charge in [-0.15, -0.1) is 0 Å². The molecule has 1 aromatic rings. The summed E-state index contributed by atoms with van der Waals surface area (Å²) in [6.07, 6.45) is 6.05. The van der Waals surface area contributed by atoms with E-state index in [2.05, 4.69) is 27.3 Å². The van der Waals surface area contributed by atoms with Crippen LogP contribution in [0, 0.1) is 0 Å². The van der Waals surface area contributed by atoms with Crippen LogP contribution in [0.2, 0.25) is 0 Å². The number of hydrogen-bond donors (Lipinski definition) is 1. The number of nitrogens with one attached hydrogen (secondary N) is 1. The van der Waals surface area contributed by atoms with Gasteiger partial charge in [-0.2, -0.15) is 4.98 Å². The zero-order chi connectivity index (χ0) is 13.2. The van der Waals surface area contributed by atoms with Crippen molar-refractivity contribution in [3.63, 3.8) is 0 Å². The van der Waals surface area contributed by atoms with Gasteiger partial charge in [0.2, 0.25) is 5.89 Å². The van der Waals surface area contributed by atoms with Gasteiger partial charge >= 0.3 is 0 Å². The minimum Gasteiger partial charge on any atom is -0.339 e. The van der Waals surface area contributed by atoms with Crippen molar-refractivity contribution in [1.82, 2.24) is 20.4 Å². The molecule has 3 heterocycles. The number of aryl methyl sites for hydroxylation is 1. The van der Waals surface area contributed by atoms with Crippen LogP contribution in [-0.2, 0) is 13.0 Å². The molecule has 2 aliphatic rings. The van der Waals surface area contributed by atoms with E-state index in [1.807, 2.05) is 6.92 Å². The first-order chi connectivity index (χ1) is 9.28. The molecule has 0 radical (unpaired) electrons. The lowest BCUT2D eigenvalue weighted by molar-refractivity contribution is 0.136. The summed E-state index contributed by atoms with van der Waals surface area (Å²) in [7, 11) is 0. The Kier molecular flexibility index (Phi) is 3.84. The maximum atomic E-state index is 5.20. The quantitative estimate of drug-likeness (QED) is 0.878. The highest BCUT2D eigenvalue weighted by Gasteiger charge is 2.35. The van der Waals surface area contributed by atoms with Crippen molar-refractivity contribution in [3.8, 4) is 0 Å². The average molecular weight is 264 g/mol. The van der Waals surface area contributed by atoms with Gasteiger partial charge in [-0.05, 0) is 32.2 Å². The van der Waals surface area contributed by atoms with Crippen molar-refractivity contribution < 1.29 is 4.52 Å². The van der Waals surface area contributed by atoms with Gasteiger partial charge in [0.25, 0.3) is 0 Å². The summed E-state index contributed by atoms with van der Waals surface area (Å²) in [5.41, 5.74) is 0. The Morgan fingerprint density at radius 2 is 2.00 bits per heavy atom. The Bertz CT molecular complexity index is 407. The van der Waals surface area contributed by atoms with E-state index in [-0.39, 0.29) is 0 Å². The molecule has 1 aromatic heterocycles. The van der Waals surface area contributed by atoms with Gasteiger partial charge in [0.15, 0.2) is 5.82 Å². The van der Waals surface area contributed by atoms with E-state index in [1.54, 1.807) is 0 Å². The highest BCUT2D eigenvalue weighted by molar-refractivity contribution is 4.96. The molecule has 2 fully saturated rings. The highest BCUT2D eigenvalue weighted by Crippen LogP contribution is 2.30. The van der Waals surface area contributed by atoms with E-state index >= 15 is 0 Å². The van der Waals surface area contributed by atoms with Crippen molar-refractivity contribution >= 4 is 0 Å². The molecule has 0 aromatic carbocycles. The second-order valence-electron chi connectivity index (χ2n) is 5.78. The van der Waals surface area contributed by atoms with E-state index in [0.717, 1.165) is 43.3 Å². The van der Waals surface area contributed by atoms with Gasteiger partial charge in [-0.1, -0.05) is 19.0 Å². The number of fused-ring (bicyclic) bond motifs is 2. The van der Waals surface area contributed by atoms with Gasteiger partial charge < -0.3 is 9.84 Å². The van der Waals surface area contributed by atoms with Gasteiger partial charge in [0.05, 0.1) is 6.54 Å². The predicted molar refractivity (Wildman–Crippen MR) is 72.7 cm³/mol. The van der Waals surface area contributed by atoms with Crippen molar-refractivity contribution in [2.24, 2.45) is 0 Å². The topological polar surface area (TPSA) is 54.2 Å². The zero-order valence-corrected chi connectivity index (χ0v) is 11.9. The summed E-state index contributed by atoms with van der Waals surface area (Å²) >= 11 is 0. The molecule has 2 atom stereocenters. The van der Waals surface area contributed by atoms with Crippen LogP contribution in [0.25, 0.3) is 0 Å². The molecular weight excluding hydrogens is 240 g/mol. The Labute approximate surface area is 114 Å². The fourth-order valence-electron chi connectivity index (χ4n) is 3.50. The molecule has 106 valence electrons. The van der Waals surface area contributed by atoms with E-state index in [0.29, 0.717) is 6.04 Å². The van der Waals surface area contributed by atoms with Crippen LogP contribution in [0.1, 0.15) is 51.2 Å². The SMILES string of the molecule is CCc1nc(CN(CC)C2CC3CCC(C2)N3)no1. The third-order valence-corrected chi connectivity index (χ3v) is 4.53. The van der Waals surface area contributed by atoms with Gasteiger partial charge in [0, 0.05) is 24.5 Å². The fourth-order valence-corrected chi connectivity index (χ4v) is 3.50. The summed E-state index contributed by atoms with van der Waals surface area (Å²) in [6.45, 7) is 6.15. The Balaban J connectivity index is 1.63. The molecule has 5 heteroatoms. The lowest BCUT2D eigenvalue weighted by Crippen LogP contribution is -2.48. The van der Waals surface area contributed by atoms with Crippen molar-refractivity contribution in [3.05, 3.63) is 11.7 Å². The molecule has 2 aliphatic heterocycles. The smallest absolute Gasteiger partial charge is 0.226 e. The van der Waals surface area contributed by atoms with Crippen LogP contribution in [0.3, 0.4) is 0 Å². The number of hydrogen-bond acceptors (Lipinski definition) is 5. The maximum Gasteiger partial charge on any atom is 0.226 e. The normalized spacial score (nSPS) is 30.2. The van der Waals surface area contributed by atoms with Crippen LogP contribution in [0.15, 0.2) is 4.52 Å². The molecule has 5 nitrogen and oxygen atoms in total. The molecule has 2 bridgehead atoms. The third-order valence-electron chi connectivity index (χ3n) is 4.53. The second kappa shape index (κ2) is 5.59. The molecule has 0 saturated carbocycles. The van der Waals surface area contributed by atoms with Crippen molar-refractivity contribution in [2.75, 3.05) is 6.54 Å². The Hall–Kier alpha value is -0.940. The van der Waals surface area contributed by atoms with Crippen LogP contribution < -0.4 is 5.32 Å². The summed E-state index contributed by atoms with van der Waals surface area (Å²) in [5.74, 6) is 1.58. The van der Waals surface area contributed by atoms with Crippen LogP contribution in [0.4, 0.5) is 0 Å². The second-order valence-corrected chi connectivity index (χ2v) is 5.78. The van der Waals surface area contributed by atoms with E-state index in [9.17, 15) is 0 Å². The first-order valence-corrected chi connectivity index (χ1v) is 7.60. The third kappa shape index (κ3) is 2.82. The first kappa shape index (κ1) is 13.1. The lowest BCUT2D eigenvalue weighted by atomic mass is 9.98. The van der Waals surface area contributed by atoms with Crippen molar-refractivity contribution in [1.29, 1.82) is 0 Å². The first-order valence-electron chi connectivity index (χ1n) is 7.60. The molecule has 1 N–H and O–H groups in total. The maximum absolute atomic E-state index is 5.20. The Morgan fingerprint density at radius 1 is 1.26 bits per heavy atom. The summed E-state index contributed by atoms with van der Waals surface area (Å²) in [4.78, 5) is 6.94. The summed E-state index contributed by atoms with van der Waals surface area (Å²) in [5, 5.41) is 7.78. The van der Waals surface area contributed by atoms with E-state index in [1.165, 1.54) is 25.7 Å². The summed E-state index contributed by atoms with van der Waals surface area (Å²) in [6, 6.07) is 2.14. The molecule has 0 spiro atoms. The van der Waals surface area contributed by atoms with E-state index in [4.69, 9.17) is 4.52 Å². The number of rotatable bonds is 5. The van der Waals surface area contributed by atoms with Crippen LogP contribution >= 0.6 is 0 Å². The van der Waals surface area contributed by atoms with Crippen LogP contribution in [-0.4, -0.2) is 39.7 Å². The summed E-state index contributed by atoms with van der Waals surface area (Å²) < 4.78 is 5.20. The molecule has 0 amide bonds. The zero-order valence-electron chi connectivity index (χ0n) is 11.9. The Morgan fingerprint density at radius 3 is 2.58 bits per heavy atom. The number of aromatic nitrogens is 2. The molecule has 3 rings (SSSR count). The van der Waals surface area contributed by atoms with Crippen LogP contribution in [0.5, 0.6) is 0 Å². The monoisotopic (exact) mass is 264 g/mol. The van der Waals surface area contributed by atoms with E-state index < -0.39 is 0 Å². The molecule has 2 unspecified atom stereocenters. The number of piperidine rings is 1. The standard InChI is InChI=1S/C14H24N4O/c1-3-14-16-13(17-19-14)9-18(4-2)12-7-10-5-6-11(8-12)15-10/h10-12,15H,3-9H2,1-2H3. The average Bonchev–Trinajstić information content (AvgIpc) is 3.02. The molecule has 2 saturated heterocycles. The minimum atomic E-state index is 0.673. The minimum absolute atomic E-state index is 0.673. The molecular formula is C14H24N4O. The molecule has 0 aliphatic carbocycles. The highest BCUT2D eigenvalue weighted by atomic mass is 16.5. The molecule has 19 heavy (non-hydrogen) atoms. The van der Waals surface area contributed by atoms with Gasteiger partial charge in [-0.25, -0.2) is 0 Å². The fraction of sp³-hybridized carbons (Fsp3) is 0.857.